The van der Waals surface area contributed by atoms with Gasteiger partial charge in [-0.15, -0.1) is 36.8 Å². The Bertz CT molecular complexity index is 1290. The summed E-state index contributed by atoms with van der Waals surface area (Å²) in [7, 11) is 2.99. The second-order valence-corrected chi connectivity index (χ2v) is 13.1. The Morgan fingerprint density at radius 3 is 1.40 bits per heavy atom. The number of rotatable bonds is 11. The van der Waals surface area contributed by atoms with E-state index in [1.165, 1.54) is 0 Å². The zero-order valence-corrected chi connectivity index (χ0v) is 38.4. The molecule has 30 heteroatoms. The first kappa shape index (κ1) is 58.4. The zero-order valence-electron chi connectivity index (χ0n) is 30.4. The van der Waals surface area contributed by atoms with Gasteiger partial charge in [0.05, 0.1) is 63.9 Å². The van der Waals surface area contributed by atoms with Crippen LogP contribution in [0.5, 0.6) is 0 Å². The zero-order chi connectivity index (χ0) is 42.5. The van der Waals surface area contributed by atoms with Gasteiger partial charge in [0.1, 0.15) is 18.3 Å². The van der Waals surface area contributed by atoms with Gasteiger partial charge in [-0.2, -0.15) is 0 Å². The van der Waals surface area contributed by atoms with E-state index < -0.39 is 61.6 Å². The van der Waals surface area contributed by atoms with Crippen LogP contribution in [0.15, 0.2) is 0 Å². The summed E-state index contributed by atoms with van der Waals surface area (Å²) in [4.78, 5) is 91.8. The minimum atomic E-state index is -0.889. The molecule has 0 spiro atoms. The van der Waals surface area contributed by atoms with Crippen molar-refractivity contribution >= 4 is 63.4 Å². The van der Waals surface area contributed by atoms with E-state index >= 15 is 0 Å². The van der Waals surface area contributed by atoms with E-state index in [0.29, 0.717) is 32.1 Å². The number of hydrogen-bond donors (Lipinski definition) is 2. The van der Waals surface area contributed by atoms with Gasteiger partial charge in [-0.3, -0.25) is 27.7 Å². The molecular formula is C28H39Cl3N5O20Y2-3. The van der Waals surface area contributed by atoms with E-state index in [9.17, 15) is 39.9 Å². The van der Waals surface area contributed by atoms with Gasteiger partial charge in [0.15, 0.2) is 24.7 Å². The molecule has 0 aromatic heterocycles. The number of fused-ring (bicyclic) bond motifs is 3. The first-order valence-corrected chi connectivity index (χ1v) is 17.1. The van der Waals surface area contributed by atoms with Crippen LogP contribution < -0.4 is 11.1 Å². The number of halogens is 3. The molecule has 6 aliphatic heterocycles. The number of hydrogen-bond acceptors (Lipinski definition) is 20. The predicted octanol–water partition coefficient (Wildman–Crippen LogP) is 0.0153. The predicted molar refractivity (Wildman–Crippen MR) is 182 cm³/mol. The van der Waals surface area contributed by atoms with Gasteiger partial charge in [-0.25, -0.2) is 0 Å². The molecule has 2 amide bonds. The number of nitrogens with two attached hydrogens (primary N) is 1. The molecule has 3 N–H and O–H groups in total. The third kappa shape index (κ3) is 21.7. The van der Waals surface area contributed by atoms with E-state index in [-0.39, 0.29) is 134 Å². The second kappa shape index (κ2) is 31.2. The SMILES string of the molecule is C[C@H]1CO[C@H]2[C@@H]1OC[C@H]2O[N+](=O)[O-].O=C(Cl)C[C@H]1CO[C@H]2[C@@H]1OC[C@H]2O[N+](=O)[O-].O=C(Cl)Cl.O=[C-]C[C@H]1CO[C@H]2[C@@H]1OC[C@H]2O[N+](=O)[O-].[CH2-]C(N)=O.[CH2-]NC=O.[Y].[Y]. The number of nitrogens with one attached hydrogen (secondary N) is 1. The summed E-state index contributed by atoms with van der Waals surface area (Å²) in [5, 5.41) is 29.5. The number of primary amides is 1. The summed E-state index contributed by atoms with van der Waals surface area (Å²) in [5.74, 6) is -0.492. The largest absolute Gasteiger partial charge is 0.542 e. The number of carbonyl (C=O) groups excluding carboxylic acids is 5. The molecule has 0 aliphatic carbocycles. The van der Waals surface area contributed by atoms with Crippen LogP contribution in [0.4, 0.5) is 4.79 Å². The summed E-state index contributed by atoms with van der Waals surface area (Å²) >= 11 is 14.1. The maximum Gasteiger partial charge on any atom is 0.313 e. The van der Waals surface area contributed by atoms with Crippen molar-refractivity contribution < 1.29 is 148 Å². The van der Waals surface area contributed by atoms with Gasteiger partial charge in [-0.1, -0.05) is 6.92 Å². The van der Waals surface area contributed by atoms with Crippen LogP contribution >= 0.6 is 34.8 Å². The Morgan fingerprint density at radius 1 is 0.741 bits per heavy atom. The molecule has 0 aromatic carbocycles. The quantitative estimate of drug-likeness (QED) is 0.0905. The molecule has 6 saturated heterocycles. The third-order valence-electron chi connectivity index (χ3n) is 7.99. The van der Waals surface area contributed by atoms with Crippen molar-refractivity contribution in [2.75, 3.05) is 39.6 Å². The van der Waals surface area contributed by atoms with E-state index in [4.69, 9.17) is 54.4 Å². The first-order chi connectivity index (χ1) is 26.4. The Balaban J connectivity index is 0. The minimum Gasteiger partial charge on any atom is -0.542 e. The van der Waals surface area contributed by atoms with Crippen LogP contribution in [0.3, 0.4) is 0 Å². The van der Waals surface area contributed by atoms with Gasteiger partial charge >= 0.3 is 4.70 Å². The monoisotopic (exact) mass is 1050 g/mol. The van der Waals surface area contributed by atoms with Crippen LogP contribution in [-0.2, 0) is 128 Å². The number of amides is 2. The first-order valence-electron chi connectivity index (χ1n) is 16.0. The van der Waals surface area contributed by atoms with Gasteiger partial charge in [-0.05, 0) is 40.7 Å². The second-order valence-electron chi connectivity index (χ2n) is 11.8. The van der Waals surface area contributed by atoms with E-state index in [2.05, 4.69) is 57.4 Å². The Morgan fingerprint density at radius 2 is 1.05 bits per heavy atom. The molecule has 12 atom stereocenters. The van der Waals surface area contributed by atoms with Crippen LogP contribution in [-0.4, -0.2) is 138 Å². The minimum absolute atomic E-state index is 0. The van der Waals surface area contributed by atoms with Gasteiger partial charge in [0, 0.05) is 83.7 Å². The fraction of sp³-hybridized carbons (Fsp3) is 0.750. The van der Waals surface area contributed by atoms with Gasteiger partial charge in [0.2, 0.25) is 5.24 Å². The maximum absolute atomic E-state index is 10.8. The molecule has 326 valence electrons. The van der Waals surface area contributed by atoms with E-state index in [1.54, 1.807) is 6.29 Å². The van der Waals surface area contributed by atoms with E-state index in [1.807, 2.05) is 12.2 Å². The smallest absolute Gasteiger partial charge is 0.313 e. The average molecular weight is 1050 g/mol. The van der Waals surface area contributed by atoms with Crippen LogP contribution in [0.1, 0.15) is 19.8 Å². The topological polar surface area (TPSA) is 336 Å². The van der Waals surface area contributed by atoms with Crippen LogP contribution in [0.2, 0.25) is 0 Å². The average Bonchev–Trinajstić information content (AvgIpc) is 3.93. The van der Waals surface area contributed by atoms with Gasteiger partial charge < -0.3 is 70.5 Å². The van der Waals surface area contributed by atoms with Crippen molar-refractivity contribution in [3.05, 3.63) is 44.3 Å². The normalized spacial score (nSPS) is 31.1. The summed E-state index contributed by atoms with van der Waals surface area (Å²) < 4.78 is 31.1. The molecule has 0 aromatic rings. The van der Waals surface area contributed by atoms with Crippen LogP contribution in [0, 0.1) is 62.1 Å². The van der Waals surface area contributed by atoms with Crippen molar-refractivity contribution in [2.24, 2.45) is 23.5 Å². The number of ether oxygens (including phenoxy) is 6. The fourth-order valence-corrected chi connectivity index (χ4v) is 6.21. The maximum atomic E-state index is 10.8. The van der Waals surface area contributed by atoms with Crippen molar-refractivity contribution in [3.8, 4) is 0 Å². The molecule has 0 bridgehead atoms. The van der Waals surface area contributed by atoms with Crippen LogP contribution in [0.25, 0.3) is 0 Å². The van der Waals surface area contributed by atoms with Gasteiger partial charge in [0.25, 0.3) is 15.3 Å². The van der Waals surface area contributed by atoms with Crippen molar-refractivity contribution in [1.29, 1.82) is 0 Å². The molecule has 6 rings (SSSR count). The van der Waals surface area contributed by atoms with Crippen molar-refractivity contribution in [3.63, 3.8) is 0 Å². The molecule has 6 heterocycles. The number of carbonyl (C=O) groups is 4. The molecule has 25 nitrogen and oxygen atoms in total. The number of nitrogens with zero attached hydrogens (tertiary/aromatic N) is 3. The molecule has 2 radical (unpaired) electrons. The third-order valence-corrected chi connectivity index (χ3v) is 8.15. The van der Waals surface area contributed by atoms with Crippen molar-refractivity contribution in [1.82, 2.24) is 5.32 Å². The molecular weight excluding hydrogens is 1010 g/mol. The fourth-order valence-electron chi connectivity index (χ4n) is 6.01. The molecule has 6 fully saturated rings. The summed E-state index contributed by atoms with van der Waals surface area (Å²) in [5.41, 5.74) is 4.36. The summed E-state index contributed by atoms with van der Waals surface area (Å²) in [6.45, 7) is 6.52. The Kier molecular flexibility index (Phi) is 31.3. The summed E-state index contributed by atoms with van der Waals surface area (Å²) in [6, 6.07) is 0. The summed E-state index contributed by atoms with van der Waals surface area (Å²) in [6.07, 6.45) is -1.10. The molecule has 0 unspecified atom stereocenters. The Hall–Kier alpha value is -1.74. The Labute approximate surface area is 395 Å². The molecule has 0 saturated carbocycles. The molecule has 6 aliphatic rings. The molecule has 58 heavy (non-hydrogen) atoms. The van der Waals surface area contributed by atoms with E-state index in [0.717, 1.165) is 0 Å². The van der Waals surface area contributed by atoms with Crippen molar-refractivity contribution in [2.45, 2.75) is 74.7 Å². The standard InChI is InChI=1S/C8H10ClNO6.C8H10NO6.C7H11NO5.2C2H4NO.CCl2O.2Y/c9-6(11)1-4-2-14-8-5(16-10(12)13)3-15-7(4)8;10-2-1-5-3-13-8-6(15-9(11)12)4-14-7(5)8;1-4-2-11-7-5(13-8(9)10)3-12-6(4)7;1-3-2-4;1-2(3)4;2-1(3)4;;/h4-5,7-8H,1-3H2;5-8H,1,3-4H2;4-7H,2-3H2,1H3;2H,1H2,(H,3,4);1H2,(H2,3,4);;;/q;-1;;2*-1;;;/t4-,5+,7+,8+;5-,6+,7+,8+;4-,5+,6+,7+;;;;;/m000...../s1.